The molecule has 3 aliphatic rings. The van der Waals surface area contributed by atoms with Crippen molar-refractivity contribution in [3.63, 3.8) is 0 Å². The number of nitrogens with one attached hydrogen (secondary N) is 2. The number of hydrogen-bond acceptors (Lipinski definition) is 6. The van der Waals surface area contributed by atoms with Crippen LogP contribution in [0.2, 0.25) is 0 Å². The quantitative estimate of drug-likeness (QED) is 0.677. The maximum Gasteiger partial charge on any atom is 0.143 e. The van der Waals surface area contributed by atoms with E-state index in [1.807, 2.05) is 6.07 Å². The predicted molar refractivity (Wildman–Crippen MR) is 115 cm³/mol. The van der Waals surface area contributed by atoms with E-state index >= 15 is 0 Å². The Balaban J connectivity index is 1.37. The number of H-pyrrole nitrogens is 1. The number of benzene rings is 1. The molecule has 30 heavy (non-hydrogen) atoms. The second-order valence-electron chi connectivity index (χ2n) is 8.66. The van der Waals surface area contributed by atoms with Crippen molar-refractivity contribution in [2.24, 2.45) is 0 Å². The van der Waals surface area contributed by atoms with Gasteiger partial charge in [-0.1, -0.05) is 18.2 Å². The van der Waals surface area contributed by atoms with E-state index in [4.69, 9.17) is 9.47 Å². The smallest absolute Gasteiger partial charge is 0.143 e. The summed E-state index contributed by atoms with van der Waals surface area (Å²) >= 11 is 0. The fourth-order valence-electron chi connectivity index (χ4n) is 4.92. The van der Waals surface area contributed by atoms with E-state index in [1.54, 1.807) is 13.4 Å². The Bertz CT molecular complexity index is 1060. The van der Waals surface area contributed by atoms with Gasteiger partial charge >= 0.3 is 0 Å². The van der Waals surface area contributed by atoms with Crippen LogP contribution >= 0.6 is 0 Å². The van der Waals surface area contributed by atoms with Crippen LogP contribution in [-0.2, 0) is 4.74 Å². The van der Waals surface area contributed by atoms with Crippen molar-refractivity contribution in [1.29, 1.82) is 0 Å². The molecule has 4 heterocycles. The summed E-state index contributed by atoms with van der Waals surface area (Å²) in [5.74, 6) is 2.49. The maximum absolute atomic E-state index is 6.16. The van der Waals surface area contributed by atoms with Gasteiger partial charge in [0.2, 0.25) is 0 Å². The molecule has 0 spiro atoms. The highest BCUT2D eigenvalue weighted by Crippen LogP contribution is 2.42. The van der Waals surface area contributed by atoms with Crippen LogP contribution in [0.5, 0.6) is 5.75 Å². The topological polar surface area (TPSA) is 75.3 Å². The van der Waals surface area contributed by atoms with Gasteiger partial charge in [-0.15, -0.1) is 0 Å². The molecule has 156 valence electrons. The summed E-state index contributed by atoms with van der Waals surface area (Å²) in [4.78, 5) is 15.1. The molecular formula is C23H27N5O2. The standard InChI is InChI=1S/C23H27N5O2/c1-29-15-8-9-28(11-15)19-12-30-20-5-3-2-4-16(20)21(19)27-23-17-10-18(14-6-7-14)26-22(17)24-13-25-23/h2-5,10,13-15,19,21H,6-9,11-12H2,1H3,(H2,24,25,26,27). The summed E-state index contributed by atoms with van der Waals surface area (Å²) in [7, 11) is 1.80. The van der Waals surface area contributed by atoms with E-state index in [2.05, 4.69) is 49.4 Å². The van der Waals surface area contributed by atoms with E-state index < -0.39 is 0 Å². The Labute approximate surface area is 175 Å². The number of hydrogen-bond donors (Lipinski definition) is 2. The molecule has 7 heteroatoms. The molecule has 3 atom stereocenters. The highest BCUT2D eigenvalue weighted by molar-refractivity contribution is 5.88. The monoisotopic (exact) mass is 405 g/mol. The van der Waals surface area contributed by atoms with Crippen molar-refractivity contribution in [1.82, 2.24) is 19.9 Å². The zero-order valence-electron chi connectivity index (χ0n) is 17.2. The van der Waals surface area contributed by atoms with Crippen molar-refractivity contribution in [3.05, 3.63) is 47.9 Å². The molecule has 2 fully saturated rings. The second-order valence-corrected chi connectivity index (χ2v) is 8.66. The summed E-state index contributed by atoms with van der Waals surface area (Å²) in [5, 5.41) is 4.85. The second kappa shape index (κ2) is 7.25. The summed E-state index contributed by atoms with van der Waals surface area (Å²) < 4.78 is 11.8. The van der Waals surface area contributed by atoms with Gasteiger partial charge in [0.25, 0.3) is 0 Å². The Morgan fingerprint density at radius 2 is 2.10 bits per heavy atom. The third-order valence-corrected chi connectivity index (χ3v) is 6.78. The van der Waals surface area contributed by atoms with Crippen LogP contribution in [0.25, 0.3) is 11.0 Å². The number of anilines is 1. The predicted octanol–water partition coefficient (Wildman–Crippen LogP) is 3.47. The third-order valence-electron chi connectivity index (χ3n) is 6.78. The first kappa shape index (κ1) is 18.2. The molecule has 0 amide bonds. The van der Waals surface area contributed by atoms with Gasteiger partial charge in [-0.3, -0.25) is 4.90 Å². The van der Waals surface area contributed by atoms with Gasteiger partial charge in [0.05, 0.1) is 23.6 Å². The molecule has 1 aliphatic carbocycles. The lowest BCUT2D eigenvalue weighted by molar-refractivity contribution is 0.0809. The average molecular weight is 406 g/mol. The van der Waals surface area contributed by atoms with Gasteiger partial charge in [-0.05, 0) is 37.3 Å². The van der Waals surface area contributed by atoms with Gasteiger partial charge in [-0.25, -0.2) is 9.97 Å². The SMILES string of the molecule is COC1CCN(C2COc3ccccc3C2Nc2ncnc3[nH]c(C4CC4)cc23)C1. The molecule has 3 aromatic rings. The van der Waals surface area contributed by atoms with Gasteiger partial charge in [0.15, 0.2) is 0 Å². The minimum atomic E-state index is 0.0860. The van der Waals surface area contributed by atoms with Crippen molar-refractivity contribution in [3.8, 4) is 5.75 Å². The number of likely N-dealkylation sites (tertiary alicyclic amines) is 1. The summed E-state index contributed by atoms with van der Waals surface area (Å²) in [6.07, 6.45) is 5.51. The lowest BCUT2D eigenvalue weighted by atomic mass is 9.95. The fraction of sp³-hybridized carbons (Fsp3) is 0.478. The molecule has 6 rings (SSSR count). The number of nitrogens with zero attached hydrogens (tertiary/aromatic N) is 3. The lowest BCUT2D eigenvalue weighted by Crippen LogP contribution is -2.47. The van der Waals surface area contributed by atoms with E-state index in [1.165, 1.54) is 24.1 Å². The highest BCUT2D eigenvalue weighted by Gasteiger charge is 2.38. The van der Waals surface area contributed by atoms with Crippen LogP contribution < -0.4 is 10.1 Å². The van der Waals surface area contributed by atoms with E-state index in [0.29, 0.717) is 18.6 Å². The van der Waals surface area contributed by atoms with Crippen LogP contribution in [0.4, 0.5) is 5.82 Å². The average Bonchev–Trinajstić information content (AvgIpc) is 3.35. The van der Waals surface area contributed by atoms with Crippen molar-refractivity contribution in [2.75, 3.05) is 32.1 Å². The summed E-state index contributed by atoms with van der Waals surface area (Å²) in [6, 6.07) is 10.9. The van der Waals surface area contributed by atoms with Gasteiger partial charge in [0.1, 0.15) is 30.1 Å². The van der Waals surface area contributed by atoms with Crippen LogP contribution in [0.3, 0.4) is 0 Å². The van der Waals surface area contributed by atoms with Crippen molar-refractivity contribution in [2.45, 2.75) is 43.4 Å². The van der Waals surface area contributed by atoms with Crippen LogP contribution in [-0.4, -0.2) is 58.8 Å². The van der Waals surface area contributed by atoms with E-state index in [0.717, 1.165) is 42.1 Å². The molecule has 2 aromatic heterocycles. The largest absolute Gasteiger partial charge is 0.491 e. The number of ether oxygens (including phenoxy) is 2. The molecular weight excluding hydrogens is 378 g/mol. The fourth-order valence-corrected chi connectivity index (χ4v) is 4.92. The number of methoxy groups -OCH3 is 1. The molecule has 1 saturated carbocycles. The molecule has 1 aromatic carbocycles. The third kappa shape index (κ3) is 3.13. The normalized spacial score (nSPS) is 26.5. The summed E-state index contributed by atoms with van der Waals surface area (Å²) in [6.45, 7) is 2.60. The number of rotatable bonds is 5. The summed E-state index contributed by atoms with van der Waals surface area (Å²) in [5.41, 5.74) is 3.37. The van der Waals surface area contributed by atoms with Gasteiger partial charge in [-0.2, -0.15) is 0 Å². The van der Waals surface area contributed by atoms with Gasteiger partial charge < -0.3 is 19.8 Å². The lowest BCUT2D eigenvalue weighted by Gasteiger charge is -2.39. The maximum atomic E-state index is 6.16. The first-order valence-corrected chi connectivity index (χ1v) is 10.9. The van der Waals surface area contributed by atoms with Crippen LogP contribution in [0.15, 0.2) is 36.7 Å². The highest BCUT2D eigenvalue weighted by atomic mass is 16.5. The molecule has 0 bridgehead atoms. The van der Waals surface area contributed by atoms with Crippen LogP contribution in [0.1, 0.15) is 42.5 Å². The molecule has 2 N–H and O–H groups in total. The number of aromatic nitrogens is 3. The molecule has 7 nitrogen and oxygen atoms in total. The zero-order chi connectivity index (χ0) is 20.1. The van der Waals surface area contributed by atoms with E-state index in [-0.39, 0.29) is 12.1 Å². The first-order chi connectivity index (χ1) is 14.8. The number of aromatic amines is 1. The van der Waals surface area contributed by atoms with Crippen molar-refractivity contribution < 1.29 is 9.47 Å². The van der Waals surface area contributed by atoms with Crippen molar-refractivity contribution >= 4 is 16.9 Å². The zero-order valence-corrected chi connectivity index (χ0v) is 17.2. The molecule has 3 unspecified atom stereocenters. The molecule has 0 radical (unpaired) electrons. The molecule has 2 aliphatic heterocycles. The van der Waals surface area contributed by atoms with E-state index in [9.17, 15) is 0 Å². The molecule has 1 saturated heterocycles. The first-order valence-electron chi connectivity index (χ1n) is 10.9. The number of para-hydroxylation sites is 1. The minimum absolute atomic E-state index is 0.0860. The number of fused-ring (bicyclic) bond motifs is 2. The Morgan fingerprint density at radius 3 is 2.93 bits per heavy atom. The van der Waals surface area contributed by atoms with Crippen LogP contribution in [0, 0.1) is 0 Å². The Hall–Kier alpha value is -2.64. The van der Waals surface area contributed by atoms with Gasteiger partial charge in [0, 0.05) is 31.5 Å². The minimum Gasteiger partial charge on any atom is -0.491 e. The Kier molecular flexibility index (Phi) is 4.39. The Morgan fingerprint density at radius 1 is 1.20 bits per heavy atom.